The standard InChI is InChI=1S/C18H17BrN2O6/c1-25-15-6-5-12(21(23)24)10-14(15)20-17(22)7-4-11-8-13(19)18(27-3)16(9-11)26-2/h4-10H,1-3H3,(H,20,22)/b7-4+. The number of nitro groups is 1. The Labute approximate surface area is 164 Å². The number of nitrogens with zero attached hydrogens (tertiary/aromatic N) is 1. The van der Waals surface area contributed by atoms with E-state index in [4.69, 9.17) is 14.2 Å². The number of carbonyl (C=O) groups is 1. The lowest BCUT2D eigenvalue weighted by atomic mass is 10.2. The Morgan fingerprint density at radius 2 is 1.81 bits per heavy atom. The summed E-state index contributed by atoms with van der Waals surface area (Å²) in [4.78, 5) is 22.6. The number of nitro benzene ring substituents is 1. The average Bonchev–Trinajstić information content (AvgIpc) is 2.65. The summed E-state index contributed by atoms with van der Waals surface area (Å²) in [6, 6.07) is 7.42. The van der Waals surface area contributed by atoms with Gasteiger partial charge in [0, 0.05) is 18.2 Å². The fourth-order valence-corrected chi connectivity index (χ4v) is 2.91. The molecule has 0 spiro atoms. The molecule has 0 radical (unpaired) electrons. The molecule has 0 bridgehead atoms. The van der Waals surface area contributed by atoms with Crippen LogP contribution in [-0.2, 0) is 4.79 Å². The third kappa shape index (κ3) is 4.98. The summed E-state index contributed by atoms with van der Waals surface area (Å²) in [5.41, 5.74) is 0.745. The predicted octanol–water partition coefficient (Wildman–Crippen LogP) is 4.04. The van der Waals surface area contributed by atoms with Crippen molar-refractivity contribution < 1.29 is 23.9 Å². The van der Waals surface area contributed by atoms with E-state index >= 15 is 0 Å². The average molecular weight is 437 g/mol. The van der Waals surface area contributed by atoms with E-state index in [1.54, 1.807) is 18.2 Å². The van der Waals surface area contributed by atoms with Gasteiger partial charge in [0.15, 0.2) is 11.5 Å². The minimum Gasteiger partial charge on any atom is -0.495 e. The molecule has 2 rings (SSSR count). The highest BCUT2D eigenvalue weighted by Gasteiger charge is 2.13. The number of halogens is 1. The maximum absolute atomic E-state index is 12.2. The largest absolute Gasteiger partial charge is 0.495 e. The number of non-ortho nitro benzene ring substituents is 1. The summed E-state index contributed by atoms with van der Waals surface area (Å²) < 4.78 is 16.3. The van der Waals surface area contributed by atoms with Crippen LogP contribution in [-0.4, -0.2) is 32.2 Å². The minimum atomic E-state index is -0.550. The zero-order valence-electron chi connectivity index (χ0n) is 14.8. The van der Waals surface area contributed by atoms with Crippen LogP contribution in [0.3, 0.4) is 0 Å². The van der Waals surface area contributed by atoms with E-state index in [1.807, 2.05) is 0 Å². The molecule has 0 atom stereocenters. The number of benzene rings is 2. The molecule has 9 heteroatoms. The van der Waals surface area contributed by atoms with Crippen LogP contribution >= 0.6 is 15.9 Å². The van der Waals surface area contributed by atoms with E-state index in [-0.39, 0.29) is 11.4 Å². The maximum Gasteiger partial charge on any atom is 0.271 e. The van der Waals surface area contributed by atoms with Gasteiger partial charge in [-0.05, 0) is 45.8 Å². The first-order chi connectivity index (χ1) is 12.9. The quantitative estimate of drug-likeness (QED) is 0.399. The van der Waals surface area contributed by atoms with Gasteiger partial charge in [0.2, 0.25) is 5.91 Å². The van der Waals surface area contributed by atoms with Crippen molar-refractivity contribution in [2.45, 2.75) is 0 Å². The van der Waals surface area contributed by atoms with E-state index < -0.39 is 10.8 Å². The van der Waals surface area contributed by atoms with Gasteiger partial charge in [-0.1, -0.05) is 0 Å². The van der Waals surface area contributed by atoms with Crippen LogP contribution in [0, 0.1) is 10.1 Å². The van der Waals surface area contributed by atoms with Gasteiger partial charge in [0.25, 0.3) is 5.69 Å². The number of carbonyl (C=O) groups excluding carboxylic acids is 1. The molecule has 0 saturated heterocycles. The molecule has 0 fully saturated rings. The summed E-state index contributed by atoms with van der Waals surface area (Å²) >= 11 is 3.38. The van der Waals surface area contributed by atoms with Crippen molar-refractivity contribution >= 4 is 39.3 Å². The number of ether oxygens (including phenoxy) is 3. The predicted molar refractivity (Wildman–Crippen MR) is 105 cm³/mol. The molecule has 0 aliphatic carbocycles. The van der Waals surface area contributed by atoms with Crippen molar-refractivity contribution in [2.75, 3.05) is 26.6 Å². The van der Waals surface area contributed by atoms with Crippen molar-refractivity contribution in [1.82, 2.24) is 0 Å². The van der Waals surface area contributed by atoms with Crippen LogP contribution in [0.15, 0.2) is 40.9 Å². The Balaban J connectivity index is 2.22. The van der Waals surface area contributed by atoms with Crippen molar-refractivity contribution in [1.29, 1.82) is 0 Å². The molecule has 0 unspecified atom stereocenters. The molecular formula is C18H17BrN2O6. The van der Waals surface area contributed by atoms with Gasteiger partial charge in [-0.15, -0.1) is 0 Å². The first kappa shape index (κ1) is 20.2. The number of nitrogens with one attached hydrogen (secondary N) is 1. The molecule has 2 aromatic rings. The monoisotopic (exact) mass is 436 g/mol. The van der Waals surface area contributed by atoms with Gasteiger partial charge >= 0.3 is 0 Å². The fourth-order valence-electron chi connectivity index (χ4n) is 2.29. The molecule has 142 valence electrons. The molecule has 0 aliphatic heterocycles. The van der Waals surface area contributed by atoms with Crippen LogP contribution in [0.5, 0.6) is 17.2 Å². The third-order valence-corrected chi connectivity index (χ3v) is 4.12. The highest BCUT2D eigenvalue weighted by Crippen LogP contribution is 2.36. The lowest BCUT2D eigenvalue weighted by Gasteiger charge is -2.10. The van der Waals surface area contributed by atoms with E-state index in [0.29, 0.717) is 27.3 Å². The number of rotatable bonds is 7. The zero-order valence-corrected chi connectivity index (χ0v) is 16.4. The van der Waals surface area contributed by atoms with Gasteiger partial charge in [0.1, 0.15) is 5.75 Å². The second-order valence-corrected chi connectivity index (χ2v) is 6.06. The SMILES string of the molecule is COc1ccc([N+](=O)[O-])cc1NC(=O)/C=C/c1cc(Br)c(OC)c(OC)c1. The number of anilines is 1. The molecule has 1 amide bonds. The fraction of sp³-hybridized carbons (Fsp3) is 0.167. The van der Waals surface area contributed by atoms with Crippen molar-refractivity contribution in [3.63, 3.8) is 0 Å². The Kier molecular flexibility index (Phi) is 6.78. The van der Waals surface area contributed by atoms with E-state index in [1.165, 1.54) is 45.6 Å². The summed E-state index contributed by atoms with van der Waals surface area (Å²) in [7, 11) is 4.45. The van der Waals surface area contributed by atoms with Crippen molar-refractivity contribution in [3.8, 4) is 17.2 Å². The Morgan fingerprint density at radius 1 is 1.11 bits per heavy atom. The first-order valence-corrected chi connectivity index (χ1v) is 8.42. The number of amides is 1. The lowest BCUT2D eigenvalue weighted by Crippen LogP contribution is -2.09. The highest BCUT2D eigenvalue weighted by molar-refractivity contribution is 9.10. The molecule has 27 heavy (non-hydrogen) atoms. The van der Waals surface area contributed by atoms with Crippen LogP contribution in [0.4, 0.5) is 11.4 Å². The molecule has 0 heterocycles. The van der Waals surface area contributed by atoms with Gasteiger partial charge in [-0.3, -0.25) is 14.9 Å². The van der Waals surface area contributed by atoms with E-state index in [0.717, 1.165) is 0 Å². The second kappa shape index (κ2) is 9.04. The summed E-state index contributed by atoms with van der Waals surface area (Å²) in [6.07, 6.45) is 2.87. The molecule has 1 N–H and O–H groups in total. The van der Waals surface area contributed by atoms with Gasteiger partial charge in [-0.2, -0.15) is 0 Å². The molecule has 8 nitrogen and oxygen atoms in total. The van der Waals surface area contributed by atoms with Gasteiger partial charge in [-0.25, -0.2) is 0 Å². The number of methoxy groups -OCH3 is 3. The molecule has 0 aliphatic rings. The van der Waals surface area contributed by atoms with Gasteiger partial charge < -0.3 is 19.5 Å². The molecule has 0 aromatic heterocycles. The molecular weight excluding hydrogens is 420 g/mol. The van der Waals surface area contributed by atoms with Crippen molar-refractivity contribution in [3.05, 3.63) is 56.6 Å². The summed E-state index contributed by atoms with van der Waals surface area (Å²) in [5, 5.41) is 13.5. The minimum absolute atomic E-state index is 0.154. The normalized spacial score (nSPS) is 10.5. The van der Waals surface area contributed by atoms with Crippen LogP contribution in [0.25, 0.3) is 6.08 Å². The Morgan fingerprint density at radius 3 is 2.41 bits per heavy atom. The zero-order chi connectivity index (χ0) is 20.0. The molecule has 2 aromatic carbocycles. The maximum atomic E-state index is 12.2. The van der Waals surface area contributed by atoms with E-state index in [2.05, 4.69) is 21.2 Å². The lowest BCUT2D eigenvalue weighted by molar-refractivity contribution is -0.384. The number of hydrogen-bond acceptors (Lipinski definition) is 6. The second-order valence-electron chi connectivity index (χ2n) is 5.20. The van der Waals surface area contributed by atoms with Crippen molar-refractivity contribution in [2.24, 2.45) is 0 Å². The van der Waals surface area contributed by atoms with Crippen LogP contribution < -0.4 is 19.5 Å². The number of hydrogen-bond donors (Lipinski definition) is 1. The van der Waals surface area contributed by atoms with Gasteiger partial charge in [0.05, 0.1) is 36.4 Å². The third-order valence-electron chi connectivity index (χ3n) is 3.53. The van der Waals surface area contributed by atoms with Crippen LogP contribution in [0.1, 0.15) is 5.56 Å². The topological polar surface area (TPSA) is 99.9 Å². The first-order valence-electron chi connectivity index (χ1n) is 7.62. The summed E-state index contributed by atoms with van der Waals surface area (Å²) in [5.74, 6) is 0.892. The smallest absolute Gasteiger partial charge is 0.271 e. The van der Waals surface area contributed by atoms with E-state index in [9.17, 15) is 14.9 Å². The summed E-state index contributed by atoms with van der Waals surface area (Å²) in [6.45, 7) is 0. The highest BCUT2D eigenvalue weighted by atomic mass is 79.9. The Bertz CT molecular complexity index is 898. The molecule has 0 saturated carbocycles. The van der Waals surface area contributed by atoms with Crippen LogP contribution in [0.2, 0.25) is 0 Å². The Hall–Kier alpha value is -3.07.